The van der Waals surface area contributed by atoms with E-state index < -0.39 is 0 Å². The molecule has 1 heterocycles. The van der Waals surface area contributed by atoms with Gasteiger partial charge in [-0.05, 0) is 42.7 Å². The molecule has 1 aliphatic rings. The fraction of sp³-hybridized carbons (Fsp3) is 0.286. The van der Waals surface area contributed by atoms with Crippen LogP contribution in [0.1, 0.15) is 18.4 Å². The highest BCUT2D eigenvalue weighted by atomic mass is 14.9. The van der Waals surface area contributed by atoms with Gasteiger partial charge in [-0.2, -0.15) is 0 Å². The van der Waals surface area contributed by atoms with E-state index in [1.165, 1.54) is 24.1 Å². The molecule has 0 saturated heterocycles. The second-order valence-corrected chi connectivity index (χ2v) is 4.41. The summed E-state index contributed by atoms with van der Waals surface area (Å²) in [5.74, 6) is 0. The summed E-state index contributed by atoms with van der Waals surface area (Å²) in [5.41, 5.74) is 2.59. The predicted octanol–water partition coefficient (Wildman–Crippen LogP) is 2.73. The molecule has 0 radical (unpaired) electrons. The zero-order chi connectivity index (χ0) is 10.8. The molecule has 16 heavy (non-hydrogen) atoms. The van der Waals surface area contributed by atoms with Crippen LogP contribution in [-0.2, 0) is 6.54 Å². The standard InChI is InChI=1S/C14H16N2/c1-2-10-16(9-1)14-7-3-12(4-8-14)11-15-13-5-6-13/h1-4,7-10,13,15H,5-6,11H2. The Morgan fingerprint density at radius 3 is 2.38 bits per heavy atom. The van der Waals surface area contributed by atoms with Gasteiger partial charge < -0.3 is 9.88 Å². The van der Waals surface area contributed by atoms with Crippen LogP contribution in [0.5, 0.6) is 0 Å². The number of hydrogen-bond donors (Lipinski definition) is 1. The van der Waals surface area contributed by atoms with Crippen LogP contribution in [0, 0.1) is 0 Å². The molecule has 0 aliphatic heterocycles. The Labute approximate surface area is 95.9 Å². The van der Waals surface area contributed by atoms with Crippen LogP contribution in [0.3, 0.4) is 0 Å². The second kappa shape index (κ2) is 4.14. The molecule has 1 aliphatic carbocycles. The Hall–Kier alpha value is -1.54. The van der Waals surface area contributed by atoms with Crippen LogP contribution >= 0.6 is 0 Å². The molecule has 2 nitrogen and oxygen atoms in total. The molecule has 1 aromatic heterocycles. The molecule has 1 aromatic carbocycles. The van der Waals surface area contributed by atoms with Crippen LogP contribution in [-0.4, -0.2) is 10.6 Å². The van der Waals surface area contributed by atoms with E-state index in [9.17, 15) is 0 Å². The van der Waals surface area contributed by atoms with E-state index in [2.05, 4.69) is 46.5 Å². The minimum atomic E-state index is 0.782. The lowest BCUT2D eigenvalue weighted by Gasteiger charge is -2.06. The largest absolute Gasteiger partial charge is 0.324 e. The van der Waals surface area contributed by atoms with E-state index in [1.807, 2.05) is 12.1 Å². The first-order chi connectivity index (χ1) is 7.92. The highest BCUT2D eigenvalue weighted by Crippen LogP contribution is 2.19. The molecule has 1 N–H and O–H groups in total. The fourth-order valence-corrected chi connectivity index (χ4v) is 1.84. The predicted molar refractivity (Wildman–Crippen MR) is 65.6 cm³/mol. The first-order valence-corrected chi connectivity index (χ1v) is 5.87. The van der Waals surface area contributed by atoms with Crippen LogP contribution in [0.25, 0.3) is 5.69 Å². The van der Waals surface area contributed by atoms with E-state index in [4.69, 9.17) is 0 Å². The summed E-state index contributed by atoms with van der Waals surface area (Å²) in [6, 6.07) is 13.6. The first-order valence-electron chi connectivity index (χ1n) is 5.87. The molecule has 2 heteroatoms. The van der Waals surface area contributed by atoms with Crippen molar-refractivity contribution in [1.29, 1.82) is 0 Å². The Balaban J connectivity index is 1.69. The summed E-state index contributed by atoms with van der Waals surface area (Å²) >= 11 is 0. The van der Waals surface area contributed by atoms with Gasteiger partial charge in [0.2, 0.25) is 0 Å². The number of benzene rings is 1. The zero-order valence-corrected chi connectivity index (χ0v) is 9.26. The van der Waals surface area contributed by atoms with Gasteiger partial charge >= 0.3 is 0 Å². The molecule has 0 atom stereocenters. The van der Waals surface area contributed by atoms with Crippen molar-refractivity contribution in [2.45, 2.75) is 25.4 Å². The number of rotatable bonds is 4. The molecule has 0 bridgehead atoms. The average molecular weight is 212 g/mol. The van der Waals surface area contributed by atoms with Crippen molar-refractivity contribution in [3.63, 3.8) is 0 Å². The van der Waals surface area contributed by atoms with Crippen molar-refractivity contribution in [3.05, 3.63) is 54.4 Å². The Morgan fingerprint density at radius 1 is 1.06 bits per heavy atom. The summed E-state index contributed by atoms with van der Waals surface area (Å²) in [6.45, 7) is 0.997. The molecule has 2 aromatic rings. The molecule has 82 valence electrons. The number of nitrogens with zero attached hydrogens (tertiary/aromatic N) is 1. The van der Waals surface area contributed by atoms with Crippen LogP contribution in [0.4, 0.5) is 0 Å². The van der Waals surface area contributed by atoms with Gasteiger partial charge in [-0.1, -0.05) is 12.1 Å². The molecule has 0 unspecified atom stereocenters. The van der Waals surface area contributed by atoms with Crippen LogP contribution < -0.4 is 5.32 Å². The lowest BCUT2D eigenvalue weighted by Crippen LogP contribution is -2.15. The van der Waals surface area contributed by atoms with Gasteiger partial charge in [0, 0.05) is 30.7 Å². The van der Waals surface area contributed by atoms with Crippen molar-refractivity contribution in [2.75, 3.05) is 0 Å². The van der Waals surface area contributed by atoms with E-state index in [0.29, 0.717) is 0 Å². The molecule has 1 fully saturated rings. The van der Waals surface area contributed by atoms with Crippen molar-refractivity contribution < 1.29 is 0 Å². The van der Waals surface area contributed by atoms with E-state index >= 15 is 0 Å². The highest BCUT2D eigenvalue weighted by molar-refractivity contribution is 5.35. The topological polar surface area (TPSA) is 17.0 Å². The Bertz CT molecular complexity index is 438. The molecule has 3 rings (SSSR count). The molecule has 1 saturated carbocycles. The van der Waals surface area contributed by atoms with Gasteiger partial charge in [-0.3, -0.25) is 0 Å². The van der Waals surface area contributed by atoms with Gasteiger partial charge in [0.1, 0.15) is 0 Å². The molecule has 0 amide bonds. The maximum Gasteiger partial charge on any atom is 0.0449 e. The third-order valence-corrected chi connectivity index (χ3v) is 3.01. The van der Waals surface area contributed by atoms with E-state index in [1.54, 1.807) is 0 Å². The van der Waals surface area contributed by atoms with Gasteiger partial charge in [0.05, 0.1) is 0 Å². The lowest BCUT2D eigenvalue weighted by atomic mass is 10.2. The quantitative estimate of drug-likeness (QED) is 0.824. The fourth-order valence-electron chi connectivity index (χ4n) is 1.84. The summed E-state index contributed by atoms with van der Waals surface area (Å²) in [7, 11) is 0. The third kappa shape index (κ3) is 2.17. The molecule has 0 spiro atoms. The monoisotopic (exact) mass is 212 g/mol. The SMILES string of the molecule is c1ccn(-c2ccc(CNC3CC3)cc2)c1. The Morgan fingerprint density at radius 2 is 1.75 bits per heavy atom. The van der Waals surface area contributed by atoms with Crippen molar-refractivity contribution in [2.24, 2.45) is 0 Å². The summed E-state index contributed by atoms with van der Waals surface area (Å²) in [6.07, 6.45) is 6.83. The van der Waals surface area contributed by atoms with Crippen molar-refractivity contribution in [1.82, 2.24) is 9.88 Å². The van der Waals surface area contributed by atoms with Crippen molar-refractivity contribution in [3.8, 4) is 5.69 Å². The summed E-state index contributed by atoms with van der Waals surface area (Å²) in [4.78, 5) is 0. The number of aromatic nitrogens is 1. The van der Waals surface area contributed by atoms with Gasteiger partial charge in [0.15, 0.2) is 0 Å². The summed E-state index contributed by atoms with van der Waals surface area (Å²) < 4.78 is 2.12. The smallest absolute Gasteiger partial charge is 0.0449 e. The highest BCUT2D eigenvalue weighted by Gasteiger charge is 2.19. The third-order valence-electron chi connectivity index (χ3n) is 3.01. The average Bonchev–Trinajstić information content (AvgIpc) is 3.00. The molecular formula is C14H16N2. The second-order valence-electron chi connectivity index (χ2n) is 4.41. The summed E-state index contributed by atoms with van der Waals surface area (Å²) in [5, 5.41) is 3.52. The van der Waals surface area contributed by atoms with Crippen LogP contribution in [0.2, 0.25) is 0 Å². The normalized spacial score (nSPS) is 15.2. The zero-order valence-electron chi connectivity index (χ0n) is 9.26. The van der Waals surface area contributed by atoms with Crippen LogP contribution in [0.15, 0.2) is 48.8 Å². The number of hydrogen-bond acceptors (Lipinski definition) is 1. The minimum Gasteiger partial charge on any atom is -0.324 e. The van der Waals surface area contributed by atoms with E-state index in [0.717, 1.165) is 12.6 Å². The van der Waals surface area contributed by atoms with Gasteiger partial charge in [0.25, 0.3) is 0 Å². The molecular weight excluding hydrogens is 196 g/mol. The number of nitrogens with one attached hydrogen (secondary N) is 1. The maximum absolute atomic E-state index is 3.52. The lowest BCUT2D eigenvalue weighted by molar-refractivity contribution is 0.688. The maximum atomic E-state index is 3.52. The van der Waals surface area contributed by atoms with Gasteiger partial charge in [-0.25, -0.2) is 0 Å². The minimum absolute atomic E-state index is 0.782. The van der Waals surface area contributed by atoms with Gasteiger partial charge in [-0.15, -0.1) is 0 Å². The van der Waals surface area contributed by atoms with Crippen molar-refractivity contribution >= 4 is 0 Å². The first kappa shape index (κ1) is 9.67. The Kier molecular flexibility index (Phi) is 2.50. The van der Waals surface area contributed by atoms with E-state index in [-0.39, 0.29) is 0 Å².